The molecule has 0 bridgehead atoms. The smallest absolute Gasteiger partial charge is 0.0220 e. The highest BCUT2D eigenvalue weighted by molar-refractivity contribution is 4.89. The molecule has 3 nitrogen and oxygen atoms in total. The van der Waals surface area contributed by atoms with Gasteiger partial charge >= 0.3 is 0 Å². The predicted molar refractivity (Wildman–Crippen MR) is 87.0 cm³/mol. The van der Waals surface area contributed by atoms with E-state index in [9.17, 15) is 0 Å². The van der Waals surface area contributed by atoms with Gasteiger partial charge in [0.25, 0.3) is 0 Å². The second-order valence-electron chi connectivity index (χ2n) is 7.27. The van der Waals surface area contributed by atoms with Gasteiger partial charge in [0, 0.05) is 19.1 Å². The fraction of sp³-hybridized carbons (Fsp3) is 1.00. The lowest BCUT2D eigenvalue weighted by molar-refractivity contribution is 0.0966. The van der Waals surface area contributed by atoms with Gasteiger partial charge in [-0.25, -0.2) is 0 Å². The molecule has 1 aliphatic carbocycles. The van der Waals surface area contributed by atoms with Crippen LogP contribution in [0, 0.1) is 5.41 Å². The molecule has 0 aromatic carbocycles. The maximum atomic E-state index is 6.24. The summed E-state index contributed by atoms with van der Waals surface area (Å²) >= 11 is 0. The largest absolute Gasteiger partial charge is 0.330 e. The molecular weight excluding hydrogens is 246 g/mol. The van der Waals surface area contributed by atoms with Crippen molar-refractivity contribution in [3.05, 3.63) is 0 Å². The lowest BCUT2D eigenvalue weighted by Crippen LogP contribution is -2.48. The van der Waals surface area contributed by atoms with Crippen molar-refractivity contribution in [3.63, 3.8) is 0 Å². The summed E-state index contributed by atoms with van der Waals surface area (Å²) in [5.41, 5.74) is 6.65. The van der Waals surface area contributed by atoms with Gasteiger partial charge in [0.2, 0.25) is 0 Å². The number of nitrogens with zero attached hydrogens (tertiary/aromatic N) is 2. The summed E-state index contributed by atoms with van der Waals surface area (Å²) < 4.78 is 0. The van der Waals surface area contributed by atoms with E-state index in [2.05, 4.69) is 23.8 Å². The Kier molecular flexibility index (Phi) is 6.31. The second-order valence-corrected chi connectivity index (χ2v) is 7.27. The lowest BCUT2D eigenvalue weighted by Gasteiger charge is -2.40. The van der Waals surface area contributed by atoms with E-state index in [-0.39, 0.29) is 0 Å². The van der Waals surface area contributed by atoms with Crippen LogP contribution in [0.1, 0.15) is 58.3 Å². The van der Waals surface area contributed by atoms with Crippen molar-refractivity contribution in [2.75, 3.05) is 39.8 Å². The third-order valence-electron chi connectivity index (χ3n) is 5.63. The van der Waals surface area contributed by atoms with Crippen LogP contribution < -0.4 is 5.73 Å². The number of nitrogens with two attached hydrogens (primary N) is 1. The zero-order valence-electron chi connectivity index (χ0n) is 13.7. The molecule has 2 rings (SSSR count). The molecule has 1 saturated carbocycles. The first-order valence-corrected chi connectivity index (χ1v) is 8.82. The quantitative estimate of drug-likeness (QED) is 0.804. The van der Waals surface area contributed by atoms with Gasteiger partial charge < -0.3 is 10.6 Å². The van der Waals surface area contributed by atoms with Crippen LogP contribution in [0.3, 0.4) is 0 Å². The van der Waals surface area contributed by atoms with E-state index in [4.69, 9.17) is 5.73 Å². The minimum atomic E-state index is 0.410. The molecule has 1 heterocycles. The van der Waals surface area contributed by atoms with E-state index >= 15 is 0 Å². The van der Waals surface area contributed by atoms with Crippen molar-refractivity contribution in [2.45, 2.75) is 64.3 Å². The van der Waals surface area contributed by atoms with Crippen LogP contribution >= 0.6 is 0 Å². The Hall–Kier alpha value is -0.120. The topological polar surface area (TPSA) is 32.5 Å². The van der Waals surface area contributed by atoms with Gasteiger partial charge in [-0.2, -0.15) is 0 Å². The van der Waals surface area contributed by atoms with E-state index in [1.807, 2.05) is 0 Å². The molecule has 0 spiro atoms. The minimum Gasteiger partial charge on any atom is -0.330 e. The van der Waals surface area contributed by atoms with Crippen LogP contribution in [0.4, 0.5) is 0 Å². The van der Waals surface area contributed by atoms with Crippen LogP contribution in [0.15, 0.2) is 0 Å². The van der Waals surface area contributed by atoms with Crippen LogP contribution in [-0.2, 0) is 0 Å². The normalized spacial score (nSPS) is 29.9. The van der Waals surface area contributed by atoms with Crippen molar-refractivity contribution in [3.8, 4) is 0 Å². The van der Waals surface area contributed by atoms with E-state index in [1.54, 1.807) is 0 Å². The molecule has 2 N–H and O–H groups in total. The first-order valence-electron chi connectivity index (χ1n) is 8.82. The van der Waals surface area contributed by atoms with Crippen LogP contribution in [0.5, 0.6) is 0 Å². The molecule has 2 aliphatic rings. The Balaban J connectivity index is 2.03. The molecule has 0 radical (unpaired) electrons. The van der Waals surface area contributed by atoms with Crippen molar-refractivity contribution >= 4 is 0 Å². The number of hydrogen-bond acceptors (Lipinski definition) is 3. The van der Waals surface area contributed by atoms with Crippen molar-refractivity contribution < 1.29 is 0 Å². The molecule has 1 aliphatic heterocycles. The maximum Gasteiger partial charge on any atom is 0.0220 e. The Morgan fingerprint density at radius 2 is 1.75 bits per heavy atom. The summed E-state index contributed by atoms with van der Waals surface area (Å²) in [4.78, 5) is 5.29. The van der Waals surface area contributed by atoms with Gasteiger partial charge in [-0.15, -0.1) is 0 Å². The number of likely N-dealkylation sites (N-methyl/N-ethyl adjacent to an activating group) is 1. The van der Waals surface area contributed by atoms with Crippen LogP contribution in [0.25, 0.3) is 0 Å². The average Bonchev–Trinajstić information content (AvgIpc) is 2.78. The summed E-state index contributed by atoms with van der Waals surface area (Å²) in [5.74, 6) is 0. The van der Waals surface area contributed by atoms with E-state index in [0.29, 0.717) is 5.41 Å². The van der Waals surface area contributed by atoms with E-state index in [1.165, 1.54) is 77.5 Å². The zero-order chi connectivity index (χ0) is 14.4. The van der Waals surface area contributed by atoms with Crippen molar-refractivity contribution in [1.29, 1.82) is 0 Å². The molecule has 0 amide bonds. The summed E-state index contributed by atoms with van der Waals surface area (Å²) in [7, 11) is 2.27. The maximum absolute atomic E-state index is 6.24. The molecule has 0 aromatic heterocycles. The third-order valence-corrected chi connectivity index (χ3v) is 5.63. The van der Waals surface area contributed by atoms with Gasteiger partial charge in [0.05, 0.1) is 0 Å². The van der Waals surface area contributed by atoms with E-state index < -0.39 is 0 Å². The van der Waals surface area contributed by atoms with Gasteiger partial charge in [-0.1, -0.05) is 32.6 Å². The minimum absolute atomic E-state index is 0.410. The second kappa shape index (κ2) is 7.77. The van der Waals surface area contributed by atoms with Crippen LogP contribution in [-0.4, -0.2) is 55.6 Å². The first-order chi connectivity index (χ1) is 9.69. The van der Waals surface area contributed by atoms with Gasteiger partial charge in [0.15, 0.2) is 0 Å². The van der Waals surface area contributed by atoms with Gasteiger partial charge in [-0.05, 0) is 57.8 Å². The fourth-order valence-electron chi connectivity index (χ4n) is 4.22. The summed E-state index contributed by atoms with van der Waals surface area (Å²) in [6.07, 6.45) is 10.9. The molecule has 1 unspecified atom stereocenters. The Morgan fingerprint density at radius 3 is 2.35 bits per heavy atom. The Labute approximate surface area is 125 Å². The van der Waals surface area contributed by atoms with Crippen LogP contribution in [0.2, 0.25) is 0 Å². The highest BCUT2D eigenvalue weighted by atomic mass is 15.2. The molecule has 20 heavy (non-hydrogen) atoms. The molecule has 2 fully saturated rings. The monoisotopic (exact) mass is 281 g/mol. The Bertz CT molecular complexity index is 271. The summed E-state index contributed by atoms with van der Waals surface area (Å²) in [5, 5.41) is 0. The molecule has 0 aromatic rings. The lowest BCUT2D eigenvalue weighted by atomic mass is 9.79. The fourth-order valence-corrected chi connectivity index (χ4v) is 4.22. The summed E-state index contributed by atoms with van der Waals surface area (Å²) in [6.45, 7) is 8.23. The standard InChI is InChI=1S/C17H35N3/c1-3-16-13-19(2)11-8-12-20(16)15-17(14-18)9-6-4-5-7-10-17/h16H,3-15,18H2,1-2H3. The van der Waals surface area contributed by atoms with Gasteiger partial charge in [-0.3, -0.25) is 4.90 Å². The molecule has 1 atom stereocenters. The molecule has 3 heteroatoms. The van der Waals surface area contributed by atoms with Crippen molar-refractivity contribution in [2.24, 2.45) is 11.1 Å². The van der Waals surface area contributed by atoms with Crippen molar-refractivity contribution in [1.82, 2.24) is 9.80 Å². The Morgan fingerprint density at radius 1 is 1.05 bits per heavy atom. The predicted octanol–water partition coefficient (Wildman–Crippen LogP) is 2.70. The molecular formula is C17H35N3. The number of rotatable bonds is 4. The third kappa shape index (κ3) is 4.19. The number of hydrogen-bond donors (Lipinski definition) is 1. The van der Waals surface area contributed by atoms with E-state index in [0.717, 1.165) is 12.6 Å². The molecule has 1 saturated heterocycles. The SMILES string of the molecule is CCC1CN(C)CCCN1CC1(CN)CCCCCC1. The molecule has 118 valence electrons. The highest BCUT2D eigenvalue weighted by Gasteiger charge is 2.34. The highest BCUT2D eigenvalue weighted by Crippen LogP contribution is 2.36. The van der Waals surface area contributed by atoms with Gasteiger partial charge in [0.1, 0.15) is 0 Å². The average molecular weight is 281 g/mol. The first kappa shape index (κ1) is 16.3. The zero-order valence-corrected chi connectivity index (χ0v) is 13.7. The summed E-state index contributed by atoms with van der Waals surface area (Å²) in [6, 6.07) is 0.731.